The molecule has 0 unspecified atom stereocenters. The van der Waals surface area contributed by atoms with E-state index in [-0.39, 0.29) is 17.2 Å². The second-order valence-electron chi connectivity index (χ2n) is 7.84. The third-order valence-corrected chi connectivity index (χ3v) is 6.20. The number of hydrogen-bond donors (Lipinski definition) is 1. The van der Waals surface area contributed by atoms with E-state index in [1.54, 1.807) is 6.26 Å². The van der Waals surface area contributed by atoms with Crippen molar-refractivity contribution in [3.63, 3.8) is 0 Å². The molecular formula is C19H26N2O3. The first-order chi connectivity index (χ1) is 11.7. The fraction of sp³-hybridized carbons (Fsp3) is 0.684. The fourth-order valence-electron chi connectivity index (χ4n) is 4.58. The van der Waals surface area contributed by atoms with Gasteiger partial charge in [0, 0.05) is 30.8 Å². The van der Waals surface area contributed by atoms with Gasteiger partial charge in [-0.2, -0.15) is 0 Å². The highest BCUT2D eigenvalue weighted by Crippen LogP contribution is 2.58. The van der Waals surface area contributed by atoms with Crippen molar-refractivity contribution < 1.29 is 14.0 Å². The van der Waals surface area contributed by atoms with Crippen molar-refractivity contribution in [3.05, 3.63) is 24.2 Å². The zero-order valence-corrected chi connectivity index (χ0v) is 14.1. The average molecular weight is 330 g/mol. The Morgan fingerprint density at radius 1 is 1.33 bits per heavy atom. The highest BCUT2D eigenvalue weighted by Gasteiger charge is 2.61. The third-order valence-electron chi connectivity index (χ3n) is 6.20. The Balaban J connectivity index is 1.25. The summed E-state index contributed by atoms with van der Waals surface area (Å²) in [5, 5.41) is 2.96. The maximum absolute atomic E-state index is 12.5. The van der Waals surface area contributed by atoms with Gasteiger partial charge in [-0.05, 0) is 43.7 Å². The van der Waals surface area contributed by atoms with Gasteiger partial charge in [0.1, 0.15) is 5.76 Å². The van der Waals surface area contributed by atoms with Gasteiger partial charge < -0.3 is 14.6 Å². The zero-order chi connectivity index (χ0) is 16.6. The number of rotatable bonds is 5. The van der Waals surface area contributed by atoms with Crippen LogP contribution in [0, 0.1) is 17.3 Å². The molecule has 3 aliphatic rings. The van der Waals surface area contributed by atoms with Crippen LogP contribution < -0.4 is 5.32 Å². The molecule has 2 aliphatic carbocycles. The van der Waals surface area contributed by atoms with Crippen LogP contribution in [0.25, 0.3) is 0 Å². The summed E-state index contributed by atoms with van der Waals surface area (Å²) in [4.78, 5) is 26.9. The van der Waals surface area contributed by atoms with Crippen LogP contribution >= 0.6 is 0 Å². The second kappa shape index (κ2) is 6.26. The summed E-state index contributed by atoms with van der Waals surface area (Å²) >= 11 is 0. The van der Waals surface area contributed by atoms with E-state index in [2.05, 4.69) is 5.32 Å². The van der Waals surface area contributed by atoms with Crippen molar-refractivity contribution in [3.8, 4) is 0 Å². The van der Waals surface area contributed by atoms with E-state index >= 15 is 0 Å². The van der Waals surface area contributed by atoms with E-state index in [0.29, 0.717) is 24.8 Å². The first kappa shape index (κ1) is 15.7. The minimum Gasteiger partial charge on any atom is -0.467 e. The summed E-state index contributed by atoms with van der Waals surface area (Å²) < 4.78 is 5.25. The average Bonchev–Trinajstić information content (AvgIpc) is 3.07. The molecule has 130 valence electrons. The molecule has 1 N–H and O–H groups in total. The molecule has 24 heavy (non-hydrogen) atoms. The van der Waals surface area contributed by atoms with Crippen LogP contribution in [0.1, 0.15) is 50.7 Å². The fourth-order valence-corrected chi connectivity index (χ4v) is 4.58. The van der Waals surface area contributed by atoms with Crippen LogP contribution in [-0.4, -0.2) is 29.8 Å². The predicted molar refractivity (Wildman–Crippen MR) is 88.9 cm³/mol. The second-order valence-corrected chi connectivity index (χ2v) is 7.84. The van der Waals surface area contributed by atoms with Crippen molar-refractivity contribution in [1.29, 1.82) is 0 Å². The van der Waals surface area contributed by atoms with E-state index in [0.717, 1.165) is 31.7 Å². The quantitative estimate of drug-likeness (QED) is 0.903. The van der Waals surface area contributed by atoms with Gasteiger partial charge in [-0.3, -0.25) is 9.59 Å². The van der Waals surface area contributed by atoms with Gasteiger partial charge in [-0.1, -0.05) is 12.8 Å². The highest BCUT2D eigenvalue weighted by molar-refractivity contribution is 5.83. The molecule has 1 aromatic heterocycles. The number of likely N-dealkylation sites (tertiary alicyclic amines) is 1. The molecule has 2 heterocycles. The first-order valence-electron chi connectivity index (χ1n) is 9.24. The zero-order valence-electron chi connectivity index (χ0n) is 14.1. The Hall–Kier alpha value is -1.78. The largest absolute Gasteiger partial charge is 0.467 e. The standard InChI is InChI=1S/C19H26N2O3/c22-17(10-14-4-1-2-5-14)21-8-7-19(13-21)11-16(19)18(23)20-12-15-6-3-9-24-15/h3,6,9,14,16H,1-2,4-5,7-8,10-13H2,(H,20,23)/t16-,19+/m1/s1. The molecule has 1 aromatic rings. The molecule has 0 bridgehead atoms. The van der Waals surface area contributed by atoms with Crippen LogP contribution in [0.15, 0.2) is 22.8 Å². The Morgan fingerprint density at radius 2 is 2.17 bits per heavy atom. The van der Waals surface area contributed by atoms with Crippen LogP contribution in [0.3, 0.4) is 0 Å². The minimum atomic E-state index is 0.0542. The summed E-state index contributed by atoms with van der Waals surface area (Å²) in [5.41, 5.74) is 0.0542. The van der Waals surface area contributed by atoms with E-state index in [9.17, 15) is 9.59 Å². The number of nitrogens with one attached hydrogen (secondary N) is 1. The molecule has 5 nitrogen and oxygen atoms in total. The molecule has 1 aliphatic heterocycles. The monoisotopic (exact) mass is 330 g/mol. The number of furan rings is 1. The molecule has 2 amide bonds. The minimum absolute atomic E-state index is 0.0542. The number of amides is 2. The number of hydrogen-bond acceptors (Lipinski definition) is 3. The predicted octanol–water partition coefficient (Wildman–Crippen LogP) is 2.71. The van der Waals surface area contributed by atoms with Crippen LogP contribution in [0.2, 0.25) is 0 Å². The molecule has 1 saturated heterocycles. The van der Waals surface area contributed by atoms with Crippen molar-refractivity contribution in [1.82, 2.24) is 10.2 Å². The van der Waals surface area contributed by atoms with E-state index in [4.69, 9.17) is 4.42 Å². The normalized spacial score (nSPS) is 29.3. The third kappa shape index (κ3) is 3.08. The molecule has 4 rings (SSSR count). The number of nitrogens with zero attached hydrogens (tertiary/aromatic N) is 1. The molecular weight excluding hydrogens is 304 g/mol. The Morgan fingerprint density at radius 3 is 2.92 bits per heavy atom. The van der Waals surface area contributed by atoms with E-state index in [1.807, 2.05) is 17.0 Å². The van der Waals surface area contributed by atoms with Gasteiger partial charge in [0.05, 0.1) is 12.8 Å². The van der Waals surface area contributed by atoms with Crippen LogP contribution in [-0.2, 0) is 16.1 Å². The highest BCUT2D eigenvalue weighted by atomic mass is 16.3. The van der Waals surface area contributed by atoms with Gasteiger partial charge >= 0.3 is 0 Å². The number of carbonyl (C=O) groups excluding carboxylic acids is 2. The van der Waals surface area contributed by atoms with Gasteiger partial charge in [-0.15, -0.1) is 0 Å². The number of carbonyl (C=O) groups is 2. The smallest absolute Gasteiger partial charge is 0.224 e. The summed E-state index contributed by atoms with van der Waals surface area (Å²) in [6, 6.07) is 3.69. The Bertz CT molecular complexity index is 606. The SMILES string of the molecule is O=C(NCc1ccco1)[C@H]1C[C@]12CCN(C(=O)CC1CCCC1)C2. The lowest BCUT2D eigenvalue weighted by Crippen LogP contribution is -2.31. The van der Waals surface area contributed by atoms with E-state index < -0.39 is 0 Å². The molecule has 0 radical (unpaired) electrons. The van der Waals surface area contributed by atoms with Crippen molar-refractivity contribution >= 4 is 11.8 Å². The van der Waals surface area contributed by atoms with Crippen molar-refractivity contribution in [2.75, 3.05) is 13.1 Å². The molecule has 2 atom stereocenters. The lowest BCUT2D eigenvalue weighted by molar-refractivity contribution is -0.131. The maximum Gasteiger partial charge on any atom is 0.224 e. The van der Waals surface area contributed by atoms with Gasteiger partial charge in [0.15, 0.2) is 0 Å². The topological polar surface area (TPSA) is 62.6 Å². The molecule has 2 saturated carbocycles. The van der Waals surface area contributed by atoms with Crippen LogP contribution in [0.4, 0.5) is 0 Å². The summed E-state index contributed by atoms with van der Waals surface area (Å²) in [6.07, 6.45) is 9.20. The van der Waals surface area contributed by atoms with Crippen LogP contribution in [0.5, 0.6) is 0 Å². The van der Waals surface area contributed by atoms with Crippen molar-refractivity contribution in [2.24, 2.45) is 17.3 Å². The van der Waals surface area contributed by atoms with Gasteiger partial charge in [-0.25, -0.2) is 0 Å². The first-order valence-corrected chi connectivity index (χ1v) is 9.24. The Labute approximate surface area is 142 Å². The van der Waals surface area contributed by atoms with Gasteiger partial charge in [0.2, 0.25) is 11.8 Å². The summed E-state index contributed by atoms with van der Waals surface area (Å²) in [6.45, 7) is 2.05. The van der Waals surface area contributed by atoms with Gasteiger partial charge in [0.25, 0.3) is 0 Å². The summed E-state index contributed by atoms with van der Waals surface area (Å²) in [5.74, 6) is 1.85. The molecule has 0 aromatic carbocycles. The Kier molecular flexibility index (Phi) is 4.10. The lowest BCUT2D eigenvalue weighted by Gasteiger charge is -2.19. The van der Waals surface area contributed by atoms with Crippen molar-refractivity contribution in [2.45, 2.75) is 51.5 Å². The maximum atomic E-state index is 12.5. The molecule has 5 heteroatoms. The molecule has 3 fully saturated rings. The summed E-state index contributed by atoms with van der Waals surface area (Å²) in [7, 11) is 0. The molecule has 1 spiro atoms. The van der Waals surface area contributed by atoms with E-state index in [1.165, 1.54) is 25.7 Å². The lowest BCUT2D eigenvalue weighted by atomic mass is 10.0.